The summed E-state index contributed by atoms with van der Waals surface area (Å²) in [5, 5.41) is 3.47. The summed E-state index contributed by atoms with van der Waals surface area (Å²) in [7, 11) is 1.86. The molecule has 1 N–H and O–H groups in total. The number of hydrogen-bond acceptors (Lipinski definition) is 3. The van der Waals surface area contributed by atoms with Crippen LogP contribution in [0.5, 0.6) is 0 Å². The molecule has 0 radical (unpaired) electrons. The van der Waals surface area contributed by atoms with Crippen LogP contribution >= 0.6 is 0 Å². The number of carbonyl (C=O) groups is 1. The Balaban J connectivity index is 1.68. The minimum absolute atomic E-state index is 0.0761. The topological polar surface area (TPSA) is 45.2 Å². The number of likely N-dealkylation sites (N-methyl/N-ethyl adjacent to an activating group) is 1. The summed E-state index contributed by atoms with van der Waals surface area (Å²) in [4.78, 5) is 18.6. The van der Waals surface area contributed by atoms with Crippen molar-refractivity contribution in [3.05, 3.63) is 71.7 Å². The van der Waals surface area contributed by atoms with Crippen molar-refractivity contribution >= 4 is 22.5 Å². The lowest BCUT2D eigenvalue weighted by molar-refractivity contribution is -0.117. The Labute approximate surface area is 152 Å². The van der Waals surface area contributed by atoms with Gasteiger partial charge in [0.25, 0.3) is 0 Å². The van der Waals surface area contributed by atoms with Crippen molar-refractivity contribution in [1.82, 2.24) is 9.88 Å². The maximum absolute atomic E-state index is 13.9. The van der Waals surface area contributed by atoms with Crippen LogP contribution in [-0.4, -0.2) is 29.4 Å². The van der Waals surface area contributed by atoms with Gasteiger partial charge in [-0.2, -0.15) is 0 Å². The average molecular weight is 351 g/mol. The Morgan fingerprint density at radius 3 is 2.73 bits per heavy atom. The van der Waals surface area contributed by atoms with Gasteiger partial charge >= 0.3 is 0 Å². The normalized spacial score (nSPS) is 11.1. The fourth-order valence-electron chi connectivity index (χ4n) is 3.06. The largest absolute Gasteiger partial charge is 0.325 e. The standard InChI is InChI=1S/C21H22FN3O/c1-3-15-7-4-5-9-19(15)24-20(26)14-25(2)13-16-10-11-18(22)17-8-6-12-23-21(16)17/h4-12H,3,13-14H2,1-2H3,(H,24,26). The van der Waals surface area contributed by atoms with Crippen LogP contribution in [0.1, 0.15) is 18.1 Å². The monoisotopic (exact) mass is 351 g/mol. The fourth-order valence-corrected chi connectivity index (χ4v) is 3.06. The number of carbonyl (C=O) groups excluding carboxylic acids is 1. The molecule has 26 heavy (non-hydrogen) atoms. The van der Waals surface area contributed by atoms with Crippen LogP contribution in [0, 0.1) is 5.82 Å². The first-order valence-electron chi connectivity index (χ1n) is 8.67. The van der Waals surface area contributed by atoms with Gasteiger partial charge in [-0.15, -0.1) is 0 Å². The molecule has 0 saturated heterocycles. The maximum Gasteiger partial charge on any atom is 0.238 e. The van der Waals surface area contributed by atoms with Crippen LogP contribution in [0.25, 0.3) is 10.9 Å². The van der Waals surface area contributed by atoms with Gasteiger partial charge in [0.05, 0.1) is 12.1 Å². The quantitative estimate of drug-likeness (QED) is 0.730. The third kappa shape index (κ3) is 4.06. The second-order valence-electron chi connectivity index (χ2n) is 6.34. The number of amides is 1. The molecule has 4 nitrogen and oxygen atoms in total. The van der Waals surface area contributed by atoms with Gasteiger partial charge in [0.15, 0.2) is 0 Å². The zero-order valence-electron chi connectivity index (χ0n) is 15.0. The van der Waals surface area contributed by atoms with Crippen LogP contribution in [0.3, 0.4) is 0 Å². The Morgan fingerprint density at radius 1 is 1.12 bits per heavy atom. The summed E-state index contributed by atoms with van der Waals surface area (Å²) in [5.41, 5.74) is 3.49. The van der Waals surface area contributed by atoms with Gasteiger partial charge in [-0.3, -0.25) is 14.7 Å². The average Bonchev–Trinajstić information content (AvgIpc) is 2.64. The van der Waals surface area contributed by atoms with Gasteiger partial charge in [-0.05, 0) is 48.9 Å². The lowest BCUT2D eigenvalue weighted by Gasteiger charge is -2.18. The molecule has 0 bridgehead atoms. The molecule has 1 amide bonds. The van der Waals surface area contributed by atoms with E-state index >= 15 is 0 Å². The number of nitrogens with one attached hydrogen (secondary N) is 1. The summed E-state index contributed by atoms with van der Waals surface area (Å²) >= 11 is 0. The molecule has 0 spiro atoms. The Morgan fingerprint density at radius 2 is 1.92 bits per heavy atom. The lowest BCUT2D eigenvalue weighted by atomic mass is 10.1. The van der Waals surface area contributed by atoms with Crippen molar-refractivity contribution in [2.75, 3.05) is 18.9 Å². The molecule has 0 saturated carbocycles. The highest BCUT2D eigenvalue weighted by atomic mass is 19.1. The second-order valence-corrected chi connectivity index (χ2v) is 6.34. The zero-order valence-corrected chi connectivity index (χ0v) is 15.0. The number of fused-ring (bicyclic) bond motifs is 1. The van der Waals surface area contributed by atoms with E-state index in [0.717, 1.165) is 23.2 Å². The number of hydrogen-bond donors (Lipinski definition) is 1. The van der Waals surface area contributed by atoms with Crippen LogP contribution in [0.4, 0.5) is 10.1 Å². The number of para-hydroxylation sites is 1. The lowest BCUT2D eigenvalue weighted by Crippen LogP contribution is -2.30. The first kappa shape index (κ1) is 18.0. The summed E-state index contributed by atoms with van der Waals surface area (Å²) in [5.74, 6) is -0.360. The van der Waals surface area contributed by atoms with Gasteiger partial charge in [-0.25, -0.2) is 4.39 Å². The number of pyridine rings is 1. The Bertz CT molecular complexity index is 926. The van der Waals surface area contributed by atoms with Crippen molar-refractivity contribution in [2.45, 2.75) is 19.9 Å². The smallest absolute Gasteiger partial charge is 0.238 e. The molecule has 1 aromatic heterocycles. The maximum atomic E-state index is 13.9. The number of rotatable bonds is 6. The molecule has 0 atom stereocenters. The summed E-state index contributed by atoms with van der Waals surface area (Å²) < 4.78 is 13.9. The molecule has 3 rings (SSSR count). The molecule has 0 unspecified atom stereocenters. The van der Waals surface area contributed by atoms with Crippen molar-refractivity contribution in [3.8, 4) is 0 Å². The van der Waals surface area contributed by atoms with Crippen LogP contribution in [0.15, 0.2) is 54.7 Å². The third-order valence-corrected chi connectivity index (χ3v) is 4.33. The number of benzene rings is 2. The molecular weight excluding hydrogens is 329 g/mol. The minimum atomic E-state index is -0.284. The number of anilines is 1. The Kier molecular flexibility index (Phi) is 5.58. The molecule has 134 valence electrons. The number of halogens is 1. The molecule has 0 aliphatic carbocycles. The van der Waals surface area contributed by atoms with Gasteiger partial charge < -0.3 is 5.32 Å². The van der Waals surface area contributed by atoms with Crippen molar-refractivity contribution in [3.63, 3.8) is 0 Å². The third-order valence-electron chi connectivity index (χ3n) is 4.33. The number of nitrogens with zero attached hydrogens (tertiary/aromatic N) is 2. The molecule has 0 aliphatic heterocycles. The zero-order chi connectivity index (χ0) is 18.5. The molecule has 5 heteroatoms. The summed E-state index contributed by atoms with van der Waals surface area (Å²) in [6.07, 6.45) is 2.51. The van der Waals surface area contributed by atoms with E-state index in [1.807, 2.05) is 36.2 Å². The fraction of sp³-hybridized carbons (Fsp3) is 0.238. The van der Waals surface area contributed by atoms with E-state index in [-0.39, 0.29) is 18.3 Å². The van der Waals surface area contributed by atoms with Gasteiger partial charge in [0.2, 0.25) is 5.91 Å². The van der Waals surface area contributed by atoms with E-state index in [4.69, 9.17) is 0 Å². The van der Waals surface area contributed by atoms with Crippen LogP contribution < -0.4 is 5.32 Å². The van der Waals surface area contributed by atoms with Gasteiger partial charge in [-0.1, -0.05) is 31.2 Å². The van der Waals surface area contributed by atoms with E-state index in [1.165, 1.54) is 6.07 Å². The van der Waals surface area contributed by atoms with Gasteiger partial charge in [0.1, 0.15) is 5.82 Å². The van der Waals surface area contributed by atoms with Crippen LogP contribution in [-0.2, 0) is 17.8 Å². The van der Waals surface area contributed by atoms with Crippen molar-refractivity contribution in [2.24, 2.45) is 0 Å². The molecule has 0 fully saturated rings. The molecular formula is C21H22FN3O. The molecule has 1 heterocycles. The van der Waals surface area contributed by atoms with Crippen molar-refractivity contribution < 1.29 is 9.18 Å². The molecule has 0 aliphatic rings. The SMILES string of the molecule is CCc1ccccc1NC(=O)CN(C)Cc1ccc(F)c2cccnc12. The summed E-state index contributed by atoms with van der Waals surface area (Å²) in [6.45, 7) is 2.81. The predicted octanol–water partition coefficient (Wildman–Crippen LogP) is 4.01. The second kappa shape index (κ2) is 8.06. The van der Waals surface area contributed by atoms with E-state index < -0.39 is 0 Å². The highest BCUT2D eigenvalue weighted by Crippen LogP contribution is 2.21. The minimum Gasteiger partial charge on any atom is -0.325 e. The predicted molar refractivity (Wildman–Crippen MR) is 102 cm³/mol. The number of aryl methyl sites for hydroxylation is 1. The molecule has 2 aromatic carbocycles. The highest BCUT2D eigenvalue weighted by molar-refractivity contribution is 5.93. The van der Waals surface area contributed by atoms with E-state index in [2.05, 4.69) is 17.2 Å². The first-order chi connectivity index (χ1) is 12.6. The van der Waals surface area contributed by atoms with E-state index in [1.54, 1.807) is 24.4 Å². The number of aromatic nitrogens is 1. The highest BCUT2D eigenvalue weighted by Gasteiger charge is 2.12. The molecule has 3 aromatic rings. The van der Waals surface area contributed by atoms with E-state index in [9.17, 15) is 9.18 Å². The van der Waals surface area contributed by atoms with Crippen molar-refractivity contribution in [1.29, 1.82) is 0 Å². The Hall–Kier alpha value is -2.79. The van der Waals surface area contributed by atoms with Crippen LogP contribution in [0.2, 0.25) is 0 Å². The van der Waals surface area contributed by atoms with Gasteiger partial charge in [0, 0.05) is 23.8 Å². The summed E-state index contributed by atoms with van der Waals surface area (Å²) in [6, 6.07) is 14.4. The first-order valence-corrected chi connectivity index (χ1v) is 8.67. The van der Waals surface area contributed by atoms with E-state index in [0.29, 0.717) is 17.4 Å².